The molecule has 0 aliphatic carbocycles. The highest BCUT2D eigenvalue weighted by atomic mass is 32.2. The summed E-state index contributed by atoms with van der Waals surface area (Å²) in [5, 5.41) is 3.01. The Kier molecular flexibility index (Phi) is 6.06. The number of nitrogens with zero attached hydrogens (tertiary/aromatic N) is 1. The van der Waals surface area contributed by atoms with Crippen molar-refractivity contribution >= 4 is 22.4 Å². The van der Waals surface area contributed by atoms with Crippen molar-refractivity contribution in [3.8, 4) is 0 Å². The average Bonchev–Trinajstić information content (AvgIpc) is 2.68. The van der Waals surface area contributed by atoms with E-state index in [0.717, 1.165) is 31.9 Å². The Bertz CT molecular complexity index is 769. The molecule has 1 amide bonds. The number of ether oxygens (including phenoxy) is 1. The summed E-state index contributed by atoms with van der Waals surface area (Å²) < 4.78 is 16.8. The molecule has 1 aliphatic rings. The molecule has 1 fully saturated rings. The molecule has 0 bridgehead atoms. The fourth-order valence-electron chi connectivity index (χ4n) is 2.96. The lowest BCUT2D eigenvalue weighted by Crippen LogP contribution is -2.36. The third-order valence-electron chi connectivity index (χ3n) is 4.57. The van der Waals surface area contributed by atoms with Gasteiger partial charge in [-0.05, 0) is 48.9 Å². The Morgan fingerprint density at radius 3 is 2.27 bits per heavy atom. The Balaban J connectivity index is 1.62. The van der Waals surface area contributed by atoms with Gasteiger partial charge in [-0.1, -0.05) is 12.1 Å². The summed E-state index contributed by atoms with van der Waals surface area (Å²) in [7, 11) is -1.04. The maximum absolute atomic E-state index is 12.4. The summed E-state index contributed by atoms with van der Waals surface area (Å²) in [4.78, 5) is 15.4. The van der Waals surface area contributed by atoms with Gasteiger partial charge in [0.2, 0.25) is 0 Å². The van der Waals surface area contributed by atoms with Gasteiger partial charge in [-0.25, -0.2) is 0 Å². The van der Waals surface area contributed by atoms with Gasteiger partial charge in [0.05, 0.1) is 19.3 Å². The highest BCUT2D eigenvalue weighted by molar-refractivity contribution is 7.84. The zero-order valence-electron chi connectivity index (χ0n) is 15.1. The van der Waals surface area contributed by atoms with Crippen LogP contribution in [0.4, 0.5) is 5.69 Å². The smallest absolute Gasteiger partial charge is 0.251 e. The molecule has 1 heterocycles. The lowest BCUT2D eigenvalue weighted by molar-refractivity contribution is 0.0939. The van der Waals surface area contributed by atoms with E-state index in [2.05, 4.69) is 34.5 Å². The zero-order valence-corrected chi connectivity index (χ0v) is 15.9. The van der Waals surface area contributed by atoms with Crippen molar-refractivity contribution in [2.45, 2.75) is 17.9 Å². The highest BCUT2D eigenvalue weighted by Crippen LogP contribution is 2.20. The van der Waals surface area contributed by atoms with E-state index in [1.807, 2.05) is 6.92 Å². The number of rotatable bonds is 5. The van der Waals surface area contributed by atoms with E-state index in [1.54, 1.807) is 30.5 Å². The molecule has 0 aromatic heterocycles. The minimum absolute atomic E-state index is 0.0961. The molecule has 0 saturated carbocycles. The Labute approximate surface area is 156 Å². The number of amides is 1. The van der Waals surface area contributed by atoms with Gasteiger partial charge in [0.15, 0.2) is 0 Å². The molecule has 0 radical (unpaired) electrons. The first-order valence-electron chi connectivity index (χ1n) is 8.71. The number of nitrogens with one attached hydrogen (secondary N) is 1. The quantitative estimate of drug-likeness (QED) is 0.877. The van der Waals surface area contributed by atoms with Crippen LogP contribution in [0.3, 0.4) is 0 Å². The van der Waals surface area contributed by atoms with Crippen LogP contribution in [0.15, 0.2) is 53.4 Å². The second-order valence-electron chi connectivity index (χ2n) is 6.36. The van der Waals surface area contributed by atoms with E-state index in [0.29, 0.717) is 10.5 Å². The number of carbonyl (C=O) groups excluding carboxylic acids is 1. The summed E-state index contributed by atoms with van der Waals surface area (Å²) in [6.07, 6.45) is 1.62. The zero-order chi connectivity index (χ0) is 18.5. The number of morpholine rings is 1. The molecule has 3 rings (SSSR count). The van der Waals surface area contributed by atoms with Crippen LogP contribution >= 0.6 is 0 Å². The van der Waals surface area contributed by atoms with Gasteiger partial charge in [0, 0.05) is 46.3 Å². The van der Waals surface area contributed by atoms with E-state index < -0.39 is 10.8 Å². The average molecular weight is 372 g/mol. The van der Waals surface area contributed by atoms with Crippen molar-refractivity contribution < 1.29 is 13.7 Å². The first-order valence-corrected chi connectivity index (χ1v) is 10.3. The fourth-order valence-corrected chi connectivity index (χ4v) is 3.48. The summed E-state index contributed by atoms with van der Waals surface area (Å²) in [6, 6.07) is 15.1. The van der Waals surface area contributed by atoms with Crippen LogP contribution in [0.25, 0.3) is 0 Å². The molecular weight excluding hydrogens is 348 g/mol. The second-order valence-corrected chi connectivity index (χ2v) is 7.74. The molecule has 2 unspecified atom stereocenters. The van der Waals surface area contributed by atoms with E-state index in [4.69, 9.17) is 4.74 Å². The molecule has 2 aromatic carbocycles. The fraction of sp³-hybridized carbons (Fsp3) is 0.350. The molecule has 138 valence electrons. The molecular formula is C20H24N2O3S. The number of hydrogen-bond acceptors (Lipinski definition) is 4. The molecule has 0 spiro atoms. The monoisotopic (exact) mass is 372 g/mol. The van der Waals surface area contributed by atoms with Crippen LogP contribution in [0.2, 0.25) is 0 Å². The number of benzene rings is 2. The highest BCUT2D eigenvalue weighted by Gasteiger charge is 2.14. The largest absolute Gasteiger partial charge is 0.378 e. The first kappa shape index (κ1) is 18.6. The van der Waals surface area contributed by atoms with E-state index >= 15 is 0 Å². The number of carbonyl (C=O) groups is 1. The lowest BCUT2D eigenvalue weighted by atomic mass is 10.1. The van der Waals surface area contributed by atoms with Crippen LogP contribution in [0, 0.1) is 0 Å². The minimum atomic E-state index is -1.04. The standard InChI is InChI=1S/C20H24N2O3S/c1-15(21-20(23)17-5-9-19(10-6-17)26(2)24)16-3-7-18(8-4-16)22-11-13-25-14-12-22/h3-10,15H,11-14H2,1-2H3,(H,21,23). The van der Waals surface area contributed by atoms with E-state index in [-0.39, 0.29) is 11.9 Å². The summed E-state index contributed by atoms with van der Waals surface area (Å²) >= 11 is 0. The van der Waals surface area contributed by atoms with Gasteiger partial charge in [0.1, 0.15) is 0 Å². The maximum Gasteiger partial charge on any atom is 0.251 e. The minimum Gasteiger partial charge on any atom is -0.378 e. The predicted molar refractivity (Wildman–Crippen MR) is 104 cm³/mol. The van der Waals surface area contributed by atoms with Gasteiger partial charge in [0.25, 0.3) is 5.91 Å². The summed E-state index contributed by atoms with van der Waals surface area (Å²) in [6.45, 7) is 5.31. The number of hydrogen-bond donors (Lipinski definition) is 1. The SMILES string of the molecule is CC(NC(=O)c1ccc(S(C)=O)cc1)c1ccc(N2CCOCC2)cc1. The second kappa shape index (κ2) is 8.47. The third-order valence-corrected chi connectivity index (χ3v) is 5.50. The molecule has 6 heteroatoms. The van der Waals surface area contributed by atoms with E-state index in [9.17, 15) is 9.00 Å². The number of anilines is 1. The van der Waals surface area contributed by atoms with Crippen molar-refractivity contribution in [1.82, 2.24) is 5.32 Å². The molecule has 5 nitrogen and oxygen atoms in total. The van der Waals surface area contributed by atoms with Crippen LogP contribution in [-0.2, 0) is 15.5 Å². The Hall–Kier alpha value is -2.18. The Morgan fingerprint density at radius 1 is 1.08 bits per heavy atom. The van der Waals surface area contributed by atoms with Gasteiger partial charge < -0.3 is 15.0 Å². The van der Waals surface area contributed by atoms with Crippen LogP contribution in [0.1, 0.15) is 28.9 Å². The van der Waals surface area contributed by atoms with Crippen molar-refractivity contribution in [3.05, 3.63) is 59.7 Å². The molecule has 1 N–H and O–H groups in total. The van der Waals surface area contributed by atoms with Crippen molar-refractivity contribution in [2.75, 3.05) is 37.5 Å². The molecule has 26 heavy (non-hydrogen) atoms. The normalized spacial score (nSPS) is 16.8. The van der Waals surface area contributed by atoms with Crippen LogP contribution < -0.4 is 10.2 Å². The third kappa shape index (κ3) is 4.51. The van der Waals surface area contributed by atoms with Crippen LogP contribution in [0.5, 0.6) is 0 Å². The van der Waals surface area contributed by atoms with Gasteiger partial charge in [-0.3, -0.25) is 9.00 Å². The van der Waals surface area contributed by atoms with Crippen molar-refractivity contribution in [1.29, 1.82) is 0 Å². The van der Waals surface area contributed by atoms with E-state index in [1.165, 1.54) is 5.69 Å². The lowest BCUT2D eigenvalue weighted by Gasteiger charge is -2.29. The Morgan fingerprint density at radius 2 is 1.69 bits per heavy atom. The molecule has 2 aromatic rings. The van der Waals surface area contributed by atoms with Gasteiger partial charge in [-0.2, -0.15) is 0 Å². The summed E-state index contributed by atoms with van der Waals surface area (Å²) in [5.74, 6) is -0.136. The predicted octanol–water partition coefficient (Wildman–Crippen LogP) is 2.75. The van der Waals surface area contributed by atoms with Crippen LogP contribution in [-0.4, -0.2) is 42.7 Å². The first-order chi connectivity index (χ1) is 12.5. The molecule has 1 saturated heterocycles. The molecule has 2 atom stereocenters. The topological polar surface area (TPSA) is 58.6 Å². The summed E-state index contributed by atoms with van der Waals surface area (Å²) in [5.41, 5.74) is 2.80. The van der Waals surface area contributed by atoms with Crippen molar-refractivity contribution in [2.24, 2.45) is 0 Å². The molecule has 1 aliphatic heterocycles. The maximum atomic E-state index is 12.4. The van der Waals surface area contributed by atoms with Gasteiger partial charge >= 0.3 is 0 Å². The van der Waals surface area contributed by atoms with Gasteiger partial charge in [-0.15, -0.1) is 0 Å². The van der Waals surface area contributed by atoms with Crippen molar-refractivity contribution in [3.63, 3.8) is 0 Å².